The Kier molecular flexibility index (Phi) is 5.52. The SMILES string of the molecule is Cc1c(C(=O)O)cccc1-c1ccc(NC(=O)OCc2ccccc2)cc1. The van der Waals surface area contributed by atoms with Gasteiger partial charge in [0.25, 0.3) is 0 Å². The fourth-order valence-corrected chi connectivity index (χ4v) is 2.79. The van der Waals surface area contributed by atoms with Gasteiger partial charge in [-0.15, -0.1) is 0 Å². The lowest BCUT2D eigenvalue weighted by atomic mass is 9.96. The Balaban J connectivity index is 1.66. The molecule has 3 rings (SSSR count). The van der Waals surface area contributed by atoms with Crippen molar-refractivity contribution < 1.29 is 19.4 Å². The lowest BCUT2D eigenvalue weighted by molar-refractivity contribution is 0.0696. The Morgan fingerprint density at radius 1 is 0.926 bits per heavy atom. The first-order valence-electron chi connectivity index (χ1n) is 8.45. The van der Waals surface area contributed by atoms with E-state index >= 15 is 0 Å². The zero-order chi connectivity index (χ0) is 19.2. The second-order valence-corrected chi connectivity index (χ2v) is 6.05. The maximum atomic E-state index is 11.9. The summed E-state index contributed by atoms with van der Waals surface area (Å²) in [5, 5.41) is 11.9. The summed E-state index contributed by atoms with van der Waals surface area (Å²) in [5.41, 5.74) is 4.21. The van der Waals surface area contributed by atoms with Crippen molar-refractivity contribution in [3.63, 3.8) is 0 Å². The molecule has 3 aromatic rings. The molecule has 0 heterocycles. The average Bonchev–Trinajstić information content (AvgIpc) is 2.68. The molecule has 136 valence electrons. The topological polar surface area (TPSA) is 75.6 Å². The molecule has 0 saturated carbocycles. The Morgan fingerprint density at radius 2 is 1.63 bits per heavy atom. The van der Waals surface area contributed by atoms with Crippen LogP contribution in [-0.4, -0.2) is 17.2 Å². The molecule has 0 aliphatic carbocycles. The molecular weight excluding hydrogens is 342 g/mol. The number of aromatic carboxylic acids is 1. The zero-order valence-electron chi connectivity index (χ0n) is 14.8. The second-order valence-electron chi connectivity index (χ2n) is 6.05. The van der Waals surface area contributed by atoms with Gasteiger partial charge in [0.05, 0.1) is 5.56 Å². The Morgan fingerprint density at radius 3 is 2.30 bits per heavy atom. The molecule has 0 unspecified atom stereocenters. The Hall–Kier alpha value is -3.60. The normalized spacial score (nSPS) is 10.3. The molecule has 0 fully saturated rings. The molecule has 0 aromatic heterocycles. The van der Waals surface area contributed by atoms with Gasteiger partial charge in [0, 0.05) is 5.69 Å². The average molecular weight is 361 g/mol. The molecule has 0 atom stereocenters. The first-order valence-corrected chi connectivity index (χ1v) is 8.45. The third-order valence-corrected chi connectivity index (χ3v) is 4.22. The quantitative estimate of drug-likeness (QED) is 0.662. The highest BCUT2D eigenvalue weighted by Gasteiger charge is 2.11. The molecule has 0 spiro atoms. The lowest BCUT2D eigenvalue weighted by Crippen LogP contribution is -2.13. The number of carbonyl (C=O) groups excluding carboxylic acids is 1. The maximum absolute atomic E-state index is 11.9. The predicted octanol–water partition coefficient (Wildman–Crippen LogP) is 5.11. The van der Waals surface area contributed by atoms with Gasteiger partial charge in [0.1, 0.15) is 6.61 Å². The fourth-order valence-electron chi connectivity index (χ4n) is 2.79. The fraction of sp³-hybridized carbons (Fsp3) is 0.0909. The summed E-state index contributed by atoms with van der Waals surface area (Å²) in [5.74, 6) is -0.950. The van der Waals surface area contributed by atoms with Crippen LogP contribution in [0.2, 0.25) is 0 Å². The standard InChI is InChI=1S/C22H19NO4/c1-15-19(8-5-9-20(15)21(24)25)17-10-12-18(13-11-17)23-22(26)27-14-16-6-3-2-4-7-16/h2-13H,14H2,1H3,(H,23,26)(H,24,25). The van der Waals surface area contributed by atoms with Crippen molar-refractivity contribution in [1.82, 2.24) is 0 Å². The highest BCUT2D eigenvalue weighted by molar-refractivity contribution is 5.92. The van der Waals surface area contributed by atoms with Crippen LogP contribution in [0.25, 0.3) is 11.1 Å². The molecule has 0 aliphatic rings. The summed E-state index contributed by atoms with van der Waals surface area (Å²) in [6.45, 7) is 1.98. The van der Waals surface area contributed by atoms with Crippen LogP contribution in [0, 0.1) is 6.92 Å². The third-order valence-electron chi connectivity index (χ3n) is 4.22. The minimum Gasteiger partial charge on any atom is -0.478 e. The predicted molar refractivity (Wildman–Crippen MR) is 104 cm³/mol. The molecule has 2 N–H and O–H groups in total. The summed E-state index contributed by atoms with van der Waals surface area (Å²) >= 11 is 0. The number of nitrogens with one attached hydrogen (secondary N) is 1. The van der Waals surface area contributed by atoms with Gasteiger partial charge in [-0.2, -0.15) is 0 Å². The van der Waals surface area contributed by atoms with Crippen LogP contribution < -0.4 is 5.32 Å². The van der Waals surface area contributed by atoms with Crippen molar-refractivity contribution >= 4 is 17.7 Å². The van der Waals surface area contributed by atoms with Crippen LogP contribution in [0.5, 0.6) is 0 Å². The van der Waals surface area contributed by atoms with Gasteiger partial charge < -0.3 is 9.84 Å². The van der Waals surface area contributed by atoms with Crippen LogP contribution in [-0.2, 0) is 11.3 Å². The van der Waals surface area contributed by atoms with Crippen molar-refractivity contribution in [2.24, 2.45) is 0 Å². The molecule has 0 bridgehead atoms. The van der Waals surface area contributed by atoms with Gasteiger partial charge in [-0.25, -0.2) is 9.59 Å². The van der Waals surface area contributed by atoms with Crippen molar-refractivity contribution in [2.45, 2.75) is 13.5 Å². The van der Waals surface area contributed by atoms with E-state index in [1.807, 2.05) is 48.5 Å². The minimum atomic E-state index is -0.950. The number of hydrogen-bond acceptors (Lipinski definition) is 3. The van der Waals surface area contributed by atoms with E-state index in [-0.39, 0.29) is 12.2 Å². The number of carboxylic acids is 1. The number of amides is 1. The first kappa shape index (κ1) is 18.2. The van der Waals surface area contributed by atoms with Gasteiger partial charge >= 0.3 is 12.1 Å². The molecule has 5 nitrogen and oxygen atoms in total. The van der Waals surface area contributed by atoms with Crippen LogP contribution in [0.4, 0.5) is 10.5 Å². The van der Waals surface area contributed by atoms with Gasteiger partial charge in [-0.05, 0) is 47.4 Å². The number of carboxylic acid groups (broad SMARTS) is 1. The van der Waals surface area contributed by atoms with E-state index in [0.29, 0.717) is 11.3 Å². The summed E-state index contributed by atoms with van der Waals surface area (Å²) in [6, 6.07) is 21.8. The van der Waals surface area contributed by atoms with E-state index in [0.717, 1.165) is 16.7 Å². The number of rotatable bonds is 5. The largest absolute Gasteiger partial charge is 0.478 e. The smallest absolute Gasteiger partial charge is 0.411 e. The van der Waals surface area contributed by atoms with Crippen LogP contribution >= 0.6 is 0 Å². The van der Waals surface area contributed by atoms with E-state index in [9.17, 15) is 14.7 Å². The molecule has 3 aromatic carbocycles. The summed E-state index contributed by atoms with van der Waals surface area (Å²) in [4.78, 5) is 23.2. The Bertz CT molecular complexity index is 950. The lowest BCUT2D eigenvalue weighted by Gasteiger charge is -2.11. The Labute approximate surface area is 157 Å². The number of benzene rings is 3. The highest BCUT2D eigenvalue weighted by Crippen LogP contribution is 2.27. The summed E-state index contributed by atoms with van der Waals surface area (Å²) < 4.78 is 5.19. The molecule has 0 radical (unpaired) electrons. The molecule has 1 amide bonds. The molecule has 0 aliphatic heterocycles. The van der Waals surface area contributed by atoms with Crippen LogP contribution in [0.15, 0.2) is 72.8 Å². The maximum Gasteiger partial charge on any atom is 0.411 e. The van der Waals surface area contributed by atoms with E-state index in [2.05, 4.69) is 5.32 Å². The van der Waals surface area contributed by atoms with Gasteiger partial charge in [-0.1, -0.05) is 54.6 Å². The van der Waals surface area contributed by atoms with Crippen molar-refractivity contribution in [3.8, 4) is 11.1 Å². The van der Waals surface area contributed by atoms with Crippen molar-refractivity contribution in [1.29, 1.82) is 0 Å². The van der Waals surface area contributed by atoms with Gasteiger partial charge in [-0.3, -0.25) is 5.32 Å². The molecular formula is C22H19NO4. The van der Waals surface area contributed by atoms with E-state index in [1.54, 1.807) is 31.2 Å². The highest BCUT2D eigenvalue weighted by atomic mass is 16.5. The monoisotopic (exact) mass is 361 g/mol. The number of hydrogen-bond donors (Lipinski definition) is 2. The van der Waals surface area contributed by atoms with Gasteiger partial charge in [0.2, 0.25) is 0 Å². The zero-order valence-corrected chi connectivity index (χ0v) is 14.8. The van der Waals surface area contributed by atoms with Crippen molar-refractivity contribution in [2.75, 3.05) is 5.32 Å². The van der Waals surface area contributed by atoms with E-state index < -0.39 is 12.1 Å². The second kappa shape index (κ2) is 8.19. The number of carbonyl (C=O) groups is 2. The summed E-state index contributed by atoms with van der Waals surface area (Å²) in [7, 11) is 0. The number of anilines is 1. The van der Waals surface area contributed by atoms with Crippen LogP contribution in [0.3, 0.4) is 0 Å². The molecule has 5 heteroatoms. The third kappa shape index (κ3) is 4.52. The summed E-state index contributed by atoms with van der Waals surface area (Å²) in [6.07, 6.45) is -0.532. The molecule has 0 saturated heterocycles. The van der Waals surface area contributed by atoms with Crippen molar-refractivity contribution in [3.05, 3.63) is 89.5 Å². The van der Waals surface area contributed by atoms with Crippen LogP contribution in [0.1, 0.15) is 21.5 Å². The van der Waals surface area contributed by atoms with E-state index in [1.165, 1.54) is 0 Å². The first-order chi connectivity index (χ1) is 13.0. The van der Waals surface area contributed by atoms with Gasteiger partial charge in [0.15, 0.2) is 0 Å². The molecule has 27 heavy (non-hydrogen) atoms. The van der Waals surface area contributed by atoms with E-state index in [4.69, 9.17) is 4.74 Å². The number of ether oxygens (including phenoxy) is 1. The minimum absolute atomic E-state index is 0.200.